The molecule has 3 nitrogen and oxygen atoms in total. The first-order chi connectivity index (χ1) is 7.82. The summed E-state index contributed by atoms with van der Waals surface area (Å²) in [6.45, 7) is 7.38. The molecule has 0 aromatic heterocycles. The number of alkyl halides is 3. The molecule has 0 amide bonds. The number of hydrogen-bond donors (Lipinski definition) is 2. The van der Waals surface area contributed by atoms with Crippen LogP contribution < -0.4 is 4.90 Å². The molecular weight excluding hydrogens is 235 g/mol. The van der Waals surface area contributed by atoms with Crippen LogP contribution in [-0.4, -0.2) is 36.4 Å². The van der Waals surface area contributed by atoms with Gasteiger partial charge in [0.05, 0.1) is 19.1 Å². The molecule has 0 radical (unpaired) electrons. The largest absolute Gasteiger partial charge is 0.490 e. The van der Waals surface area contributed by atoms with Crippen LogP contribution in [0, 0.1) is 0 Å². The maximum Gasteiger partial charge on any atom is 0.490 e. The third kappa shape index (κ3) is 6.51. The first kappa shape index (κ1) is 16.2. The molecule has 1 heterocycles. The van der Waals surface area contributed by atoms with E-state index in [1.54, 1.807) is 0 Å². The fourth-order valence-electron chi connectivity index (χ4n) is 2.15. The van der Waals surface area contributed by atoms with E-state index in [0.29, 0.717) is 0 Å². The van der Waals surface area contributed by atoms with E-state index in [1.165, 1.54) is 38.8 Å². The predicted octanol–water partition coefficient (Wildman–Crippen LogP) is 1.49. The van der Waals surface area contributed by atoms with Gasteiger partial charge in [-0.3, -0.25) is 0 Å². The van der Waals surface area contributed by atoms with Gasteiger partial charge < -0.3 is 10.0 Å². The van der Waals surface area contributed by atoms with Gasteiger partial charge in [-0.25, -0.2) is 4.79 Å². The molecule has 2 atom stereocenters. The Bertz CT molecular complexity index is 231. The number of nitrogens with one attached hydrogen (secondary N) is 1. The topological polar surface area (TPSA) is 41.7 Å². The molecule has 0 aliphatic carbocycles. The zero-order valence-corrected chi connectivity index (χ0v) is 10.3. The van der Waals surface area contributed by atoms with Crippen LogP contribution in [-0.2, 0) is 4.79 Å². The summed E-state index contributed by atoms with van der Waals surface area (Å²) in [6, 6.07) is 1.01. The summed E-state index contributed by atoms with van der Waals surface area (Å²) in [5.41, 5.74) is 0. The highest BCUT2D eigenvalue weighted by molar-refractivity contribution is 5.73. The van der Waals surface area contributed by atoms with Crippen LogP contribution >= 0.6 is 0 Å². The van der Waals surface area contributed by atoms with Crippen molar-refractivity contribution in [3.8, 4) is 0 Å². The van der Waals surface area contributed by atoms with E-state index in [2.05, 4.69) is 13.8 Å². The van der Waals surface area contributed by atoms with Crippen LogP contribution in [0.15, 0.2) is 0 Å². The van der Waals surface area contributed by atoms with E-state index in [-0.39, 0.29) is 0 Å². The van der Waals surface area contributed by atoms with E-state index in [1.807, 2.05) is 4.90 Å². The predicted molar refractivity (Wildman–Crippen MR) is 58.0 cm³/mol. The number of likely N-dealkylation sites (tertiary alicyclic amines) is 1. The van der Waals surface area contributed by atoms with Gasteiger partial charge in [0.25, 0.3) is 0 Å². The van der Waals surface area contributed by atoms with Crippen molar-refractivity contribution in [2.45, 2.75) is 51.7 Å². The molecule has 1 fully saturated rings. The van der Waals surface area contributed by atoms with Gasteiger partial charge >= 0.3 is 12.1 Å². The van der Waals surface area contributed by atoms with Crippen molar-refractivity contribution < 1.29 is 28.0 Å². The number of carboxylic acids is 1. The maximum atomic E-state index is 10.6. The second-order valence-electron chi connectivity index (χ2n) is 4.19. The van der Waals surface area contributed by atoms with E-state index < -0.39 is 12.1 Å². The van der Waals surface area contributed by atoms with Crippen molar-refractivity contribution in [3.63, 3.8) is 0 Å². The minimum atomic E-state index is -5.08. The molecule has 2 unspecified atom stereocenters. The monoisotopic (exact) mass is 256 g/mol. The van der Waals surface area contributed by atoms with Gasteiger partial charge in [0.15, 0.2) is 0 Å². The fourth-order valence-corrected chi connectivity index (χ4v) is 2.15. The quantitative estimate of drug-likeness (QED) is 0.803. The van der Waals surface area contributed by atoms with Crippen molar-refractivity contribution in [2.24, 2.45) is 0 Å². The van der Waals surface area contributed by atoms with Crippen LogP contribution in [0.4, 0.5) is 13.2 Å². The minimum absolute atomic E-state index is 1.01. The lowest BCUT2D eigenvalue weighted by Gasteiger charge is -2.18. The number of aliphatic carboxylic acids is 1. The second-order valence-corrected chi connectivity index (χ2v) is 4.19. The summed E-state index contributed by atoms with van der Waals surface area (Å²) in [5.74, 6) is -2.76. The molecule has 0 spiro atoms. The van der Waals surface area contributed by atoms with Crippen LogP contribution in [0.25, 0.3) is 0 Å². The summed E-state index contributed by atoms with van der Waals surface area (Å²) in [7, 11) is 0. The summed E-state index contributed by atoms with van der Waals surface area (Å²) in [4.78, 5) is 10.7. The lowest BCUT2D eigenvalue weighted by molar-refractivity contribution is -0.910. The smallest absolute Gasteiger partial charge is 0.475 e. The summed E-state index contributed by atoms with van der Waals surface area (Å²) < 4.78 is 31.7. The SMILES string of the molecule is CCCC1CCC[NH+]1CC.O=C(O)C(F)(F)F. The van der Waals surface area contributed by atoms with Gasteiger partial charge in [-0.05, 0) is 13.3 Å². The van der Waals surface area contributed by atoms with Gasteiger partial charge in [0.1, 0.15) is 0 Å². The van der Waals surface area contributed by atoms with E-state index in [4.69, 9.17) is 9.90 Å². The number of carboxylic acid groups (broad SMARTS) is 1. The molecule has 0 bridgehead atoms. The molecule has 1 saturated heterocycles. The summed E-state index contributed by atoms with van der Waals surface area (Å²) in [5, 5.41) is 7.12. The Balaban J connectivity index is 0.000000325. The molecule has 1 rings (SSSR count). The first-order valence-electron chi connectivity index (χ1n) is 5.97. The van der Waals surface area contributed by atoms with Crippen LogP contribution in [0.3, 0.4) is 0 Å². The number of quaternary nitrogens is 1. The summed E-state index contributed by atoms with van der Waals surface area (Å²) in [6.07, 6.45) is 0.683. The lowest BCUT2D eigenvalue weighted by Crippen LogP contribution is -3.13. The Hall–Kier alpha value is -0.780. The molecule has 17 heavy (non-hydrogen) atoms. The molecule has 0 aromatic carbocycles. The van der Waals surface area contributed by atoms with Crippen LogP contribution in [0.2, 0.25) is 0 Å². The average molecular weight is 256 g/mol. The highest BCUT2D eigenvalue weighted by Crippen LogP contribution is 2.13. The molecule has 2 N–H and O–H groups in total. The number of carbonyl (C=O) groups is 1. The lowest BCUT2D eigenvalue weighted by atomic mass is 10.1. The molecule has 0 saturated carbocycles. The number of rotatable bonds is 3. The standard InChI is InChI=1S/C9H19N.C2HF3O2/c1-3-6-9-7-5-8-10(9)4-2;3-2(4,5)1(6)7/h9H,3-8H2,1-2H3;(H,6,7)/p+1. The van der Waals surface area contributed by atoms with Crippen molar-refractivity contribution in [2.75, 3.05) is 13.1 Å². The zero-order chi connectivity index (χ0) is 13.5. The normalized spacial score (nSPS) is 24.1. The van der Waals surface area contributed by atoms with Crippen molar-refractivity contribution in [3.05, 3.63) is 0 Å². The Morgan fingerprint density at radius 1 is 1.41 bits per heavy atom. The Morgan fingerprint density at radius 3 is 2.29 bits per heavy atom. The molecule has 0 aromatic rings. The molecule has 102 valence electrons. The molecule has 6 heteroatoms. The zero-order valence-electron chi connectivity index (χ0n) is 10.3. The van der Waals surface area contributed by atoms with Crippen LogP contribution in [0.1, 0.15) is 39.5 Å². The van der Waals surface area contributed by atoms with E-state index in [0.717, 1.165) is 6.04 Å². The second kappa shape index (κ2) is 7.53. The molecule has 1 aliphatic rings. The average Bonchev–Trinajstić information content (AvgIpc) is 2.65. The van der Waals surface area contributed by atoms with Gasteiger partial charge in [-0.1, -0.05) is 13.3 Å². The fraction of sp³-hybridized carbons (Fsp3) is 0.909. The highest BCUT2D eigenvalue weighted by atomic mass is 19.4. The third-order valence-corrected chi connectivity index (χ3v) is 2.96. The summed E-state index contributed by atoms with van der Waals surface area (Å²) >= 11 is 0. The van der Waals surface area contributed by atoms with Gasteiger partial charge in [0.2, 0.25) is 0 Å². The minimum Gasteiger partial charge on any atom is -0.475 e. The first-order valence-corrected chi connectivity index (χ1v) is 5.97. The maximum absolute atomic E-state index is 10.6. The van der Waals surface area contributed by atoms with Gasteiger partial charge in [-0.2, -0.15) is 13.2 Å². The van der Waals surface area contributed by atoms with E-state index in [9.17, 15) is 13.2 Å². The van der Waals surface area contributed by atoms with E-state index >= 15 is 0 Å². The third-order valence-electron chi connectivity index (χ3n) is 2.96. The van der Waals surface area contributed by atoms with Crippen LogP contribution in [0.5, 0.6) is 0 Å². The van der Waals surface area contributed by atoms with Crippen molar-refractivity contribution >= 4 is 5.97 Å². The van der Waals surface area contributed by atoms with Crippen molar-refractivity contribution in [1.82, 2.24) is 0 Å². The Kier molecular flexibility index (Phi) is 7.18. The Labute approximate surface area is 99.6 Å². The Morgan fingerprint density at radius 2 is 1.94 bits per heavy atom. The van der Waals surface area contributed by atoms with Crippen molar-refractivity contribution in [1.29, 1.82) is 0 Å². The number of halogens is 3. The molecular formula is C11H21F3NO2+. The van der Waals surface area contributed by atoms with Gasteiger partial charge in [0, 0.05) is 12.8 Å². The molecule has 1 aliphatic heterocycles. The number of hydrogen-bond acceptors (Lipinski definition) is 1. The highest BCUT2D eigenvalue weighted by Gasteiger charge is 2.38. The van der Waals surface area contributed by atoms with Gasteiger partial charge in [-0.15, -0.1) is 0 Å².